The molecule has 4 heterocycles. The number of aliphatic hydroxyl groups is 1. The second kappa shape index (κ2) is 8.54. The summed E-state index contributed by atoms with van der Waals surface area (Å²) in [5.74, 6) is 0.921. The summed E-state index contributed by atoms with van der Waals surface area (Å²) in [4.78, 5) is 23.9. The van der Waals surface area contributed by atoms with Gasteiger partial charge in [-0.2, -0.15) is 0 Å². The Morgan fingerprint density at radius 2 is 1.85 bits per heavy atom. The van der Waals surface area contributed by atoms with E-state index >= 15 is 0 Å². The standard InChI is InChI=1S/C20H30N4O3/c25-18-2-1-7-24(15-18)19-4-3-16(14-21-19)20(26)23-8-5-17(6-9-23)22-10-12-27-13-11-22/h3-4,14,17-18,25H,1-2,5-13,15H2. The Balaban J connectivity index is 1.32. The molecule has 1 amide bonds. The van der Waals surface area contributed by atoms with Crippen molar-refractivity contribution in [2.45, 2.75) is 37.8 Å². The Bertz CT molecular complexity index is 625. The summed E-state index contributed by atoms with van der Waals surface area (Å²) in [7, 11) is 0. The third-order valence-corrected chi connectivity index (χ3v) is 6.03. The molecule has 1 atom stereocenters. The van der Waals surface area contributed by atoms with Crippen molar-refractivity contribution in [2.24, 2.45) is 0 Å². The molecule has 27 heavy (non-hydrogen) atoms. The number of aliphatic hydroxyl groups excluding tert-OH is 1. The number of ether oxygens (including phenoxy) is 1. The molecular formula is C20H30N4O3. The number of hydrogen-bond acceptors (Lipinski definition) is 6. The van der Waals surface area contributed by atoms with E-state index < -0.39 is 0 Å². The van der Waals surface area contributed by atoms with E-state index in [0.29, 0.717) is 18.2 Å². The minimum Gasteiger partial charge on any atom is -0.391 e. The molecule has 4 rings (SSSR count). The van der Waals surface area contributed by atoms with Gasteiger partial charge in [-0.1, -0.05) is 0 Å². The van der Waals surface area contributed by atoms with Gasteiger partial charge in [0.15, 0.2) is 0 Å². The summed E-state index contributed by atoms with van der Waals surface area (Å²) in [6, 6.07) is 4.36. The summed E-state index contributed by atoms with van der Waals surface area (Å²) in [5.41, 5.74) is 0.654. The molecule has 7 heteroatoms. The van der Waals surface area contributed by atoms with Crippen LogP contribution in [0.5, 0.6) is 0 Å². The molecule has 0 radical (unpaired) electrons. The van der Waals surface area contributed by atoms with Gasteiger partial charge in [-0.25, -0.2) is 4.98 Å². The molecule has 1 aromatic rings. The van der Waals surface area contributed by atoms with Crippen molar-refractivity contribution in [3.05, 3.63) is 23.9 Å². The van der Waals surface area contributed by atoms with Crippen molar-refractivity contribution in [3.8, 4) is 0 Å². The number of piperidine rings is 2. The topological polar surface area (TPSA) is 69.1 Å². The fraction of sp³-hybridized carbons (Fsp3) is 0.700. The van der Waals surface area contributed by atoms with E-state index in [0.717, 1.165) is 77.4 Å². The average molecular weight is 374 g/mol. The van der Waals surface area contributed by atoms with Crippen LogP contribution in [0.1, 0.15) is 36.0 Å². The molecule has 3 saturated heterocycles. The zero-order chi connectivity index (χ0) is 18.6. The normalized spacial score (nSPS) is 25.6. The molecular weight excluding hydrogens is 344 g/mol. The Labute approximate surface area is 160 Å². The van der Waals surface area contributed by atoms with E-state index in [1.54, 1.807) is 6.20 Å². The van der Waals surface area contributed by atoms with Gasteiger partial charge in [0.05, 0.1) is 24.9 Å². The van der Waals surface area contributed by atoms with Crippen LogP contribution in [0.15, 0.2) is 18.3 Å². The van der Waals surface area contributed by atoms with Crippen molar-refractivity contribution in [1.29, 1.82) is 0 Å². The van der Waals surface area contributed by atoms with Crippen LogP contribution in [0.3, 0.4) is 0 Å². The van der Waals surface area contributed by atoms with Crippen LogP contribution in [-0.2, 0) is 4.74 Å². The molecule has 7 nitrogen and oxygen atoms in total. The minimum atomic E-state index is -0.283. The van der Waals surface area contributed by atoms with E-state index in [9.17, 15) is 9.90 Å². The van der Waals surface area contributed by atoms with Crippen molar-refractivity contribution in [3.63, 3.8) is 0 Å². The number of likely N-dealkylation sites (tertiary alicyclic amines) is 1. The zero-order valence-electron chi connectivity index (χ0n) is 15.9. The number of aromatic nitrogens is 1. The molecule has 0 saturated carbocycles. The number of β-amino-alcohol motifs (C(OH)–C–C–N with tert-alkyl or cyclic N) is 1. The van der Waals surface area contributed by atoms with Gasteiger partial charge >= 0.3 is 0 Å². The first-order valence-corrected chi connectivity index (χ1v) is 10.2. The Morgan fingerprint density at radius 1 is 1.07 bits per heavy atom. The van der Waals surface area contributed by atoms with Gasteiger partial charge < -0.3 is 19.6 Å². The number of carbonyl (C=O) groups is 1. The minimum absolute atomic E-state index is 0.0770. The SMILES string of the molecule is O=C(c1ccc(N2CCCC(O)C2)nc1)N1CCC(N2CCOCC2)CC1. The van der Waals surface area contributed by atoms with Gasteiger partial charge in [-0.3, -0.25) is 9.69 Å². The van der Waals surface area contributed by atoms with E-state index in [1.807, 2.05) is 17.0 Å². The number of nitrogens with zero attached hydrogens (tertiary/aromatic N) is 4. The lowest BCUT2D eigenvalue weighted by molar-refractivity contribution is 0.00158. The predicted molar refractivity (Wildman–Crippen MR) is 103 cm³/mol. The number of morpholine rings is 1. The Hall–Kier alpha value is -1.70. The Morgan fingerprint density at radius 3 is 2.52 bits per heavy atom. The van der Waals surface area contributed by atoms with Crippen LogP contribution in [0.25, 0.3) is 0 Å². The lowest BCUT2D eigenvalue weighted by atomic mass is 10.0. The number of pyridine rings is 1. The smallest absolute Gasteiger partial charge is 0.255 e. The quantitative estimate of drug-likeness (QED) is 0.851. The van der Waals surface area contributed by atoms with Gasteiger partial charge in [-0.05, 0) is 37.8 Å². The highest BCUT2D eigenvalue weighted by Crippen LogP contribution is 2.21. The maximum Gasteiger partial charge on any atom is 0.255 e. The highest BCUT2D eigenvalue weighted by molar-refractivity contribution is 5.94. The summed E-state index contributed by atoms with van der Waals surface area (Å²) in [5, 5.41) is 9.83. The van der Waals surface area contributed by atoms with Crippen LogP contribution >= 0.6 is 0 Å². The molecule has 3 aliphatic heterocycles. The molecule has 0 aliphatic carbocycles. The summed E-state index contributed by atoms with van der Waals surface area (Å²) in [6.45, 7) is 6.81. The molecule has 1 N–H and O–H groups in total. The molecule has 0 aromatic carbocycles. The number of hydrogen-bond donors (Lipinski definition) is 1. The molecule has 3 aliphatic rings. The molecule has 1 aromatic heterocycles. The predicted octanol–water partition coefficient (Wildman–Crippen LogP) is 0.979. The van der Waals surface area contributed by atoms with Crippen LogP contribution in [0, 0.1) is 0 Å². The van der Waals surface area contributed by atoms with Crippen molar-refractivity contribution < 1.29 is 14.6 Å². The second-order valence-electron chi connectivity index (χ2n) is 7.82. The fourth-order valence-electron chi connectivity index (χ4n) is 4.42. The van der Waals surface area contributed by atoms with Crippen molar-refractivity contribution in [2.75, 3.05) is 57.4 Å². The van der Waals surface area contributed by atoms with Crippen molar-refractivity contribution in [1.82, 2.24) is 14.8 Å². The average Bonchev–Trinajstić information content (AvgIpc) is 2.74. The third kappa shape index (κ3) is 4.42. The highest BCUT2D eigenvalue weighted by atomic mass is 16.5. The maximum absolute atomic E-state index is 12.8. The number of amides is 1. The van der Waals surface area contributed by atoms with Crippen LogP contribution in [-0.4, -0.2) is 90.4 Å². The summed E-state index contributed by atoms with van der Waals surface area (Å²) in [6.07, 6.45) is 5.29. The van der Waals surface area contributed by atoms with Crippen LogP contribution in [0.4, 0.5) is 5.82 Å². The largest absolute Gasteiger partial charge is 0.391 e. The van der Waals surface area contributed by atoms with E-state index in [1.165, 1.54) is 0 Å². The van der Waals surface area contributed by atoms with E-state index in [-0.39, 0.29) is 12.0 Å². The molecule has 0 spiro atoms. The molecule has 0 bridgehead atoms. The maximum atomic E-state index is 12.8. The molecule has 1 unspecified atom stereocenters. The summed E-state index contributed by atoms with van der Waals surface area (Å²) >= 11 is 0. The molecule has 3 fully saturated rings. The van der Waals surface area contributed by atoms with Gasteiger partial charge in [0, 0.05) is 51.5 Å². The van der Waals surface area contributed by atoms with Gasteiger partial charge in [0.25, 0.3) is 5.91 Å². The van der Waals surface area contributed by atoms with E-state index in [4.69, 9.17) is 4.74 Å². The van der Waals surface area contributed by atoms with Crippen LogP contribution in [0.2, 0.25) is 0 Å². The molecule has 148 valence electrons. The number of carbonyl (C=O) groups excluding carboxylic acids is 1. The lowest BCUT2D eigenvalue weighted by Crippen LogP contribution is -2.50. The monoisotopic (exact) mass is 374 g/mol. The first kappa shape index (κ1) is 18.7. The zero-order valence-corrected chi connectivity index (χ0v) is 15.9. The second-order valence-corrected chi connectivity index (χ2v) is 7.82. The van der Waals surface area contributed by atoms with Gasteiger partial charge in [0.2, 0.25) is 0 Å². The first-order chi connectivity index (χ1) is 13.2. The number of anilines is 1. The van der Waals surface area contributed by atoms with Gasteiger partial charge in [0.1, 0.15) is 5.82 Å². The Kier molecular flexibility index (Phi) is 5.90. The highest BCUT2D eigenvalue weighted by Gasteiger charge is 2.28. The number of rotatable bonds is 3. The fourth-order valence-corrected chi connectivity index (χ4v) is 4.42. The third-order valence-electron chi connectivity index (χ3n) is 6.03. The van der Waals surface area contributed by atoms with E-state index in [2.05, 4.69) is 14.8 Å². The summed E-state index contributed by atoms with van der Waals surface area (Å²) < 4.78 is 5.44. The van der Waals surface area contributed by atoms with Crippen LogP contribution < -0.4 is 4.90 Å². The first-order valence-electron chi connectivity index (χ1n) is 10.2. The van der Waals surface area contributed by atoms with Crippen molar-refractivity contribution >= 4 is 11.7 Å². The lowest BCUT2D eigenvalue weighted by Gasteiger charge is -2.40. The van der Waals surface area contributed by atoms with Gasteiger partial charge in [-0.15, -0.1) is 0 Å².